The Labute approximate surface area is 135 Å². The zero-order valence-corrected chi connectivity index (χ0v) is 13.9. The molecule has 0 saturated carbocycles. The number of hydrogen-bond donors (Lipinski definition) is 0. The second-order valence-electron chi connectivity index (χ2n) is 5.63. The molecule has 6 heteroatoms. The molecule has 0 amide bonds. The first kappa shape index (κ1) is 15.1. The molecule has 0 unspecified atom stereocenters. The molecule has 0 N–H and O–H groups in total. The van der Waals surface area contributed by atoms with Gasteiger partial charge in [0.25, 0.3) is 0 Å². The maximum Gasteiger partial charge on any atom is 0.163 e. The van der Waals surface area contributed by atoms with Crippen LogP contribution in [-0.4, -0.2) is 31.6 Å². The molecule has 0 radical (unpaired) electrons. The van der Waals surface area contributed by atoms with Crippen molar-refractivity contribution >= 4 is 5.82 Å². The normalized spacial score (nSPS) is 10.8. The van der Waals surface area contributed by atoms with Crippen LogP contribution >= 0.6 is 0 Å². The molecule has 0 atom stereocenters. The molecule has 3 aromatic heterocycles. The molecule has 3 rings (SSSR count). The second kappa shape index (κ2) is 6.16. The van der Waals surface area contributed by atoms with Gasteiger partial charge in [0.15, 0.2) is 5.82 Å². The summed E-state index contributed by atoms with van der Waals surface area (Å²) in [5, 5.41) is 0. The Hall–Kier alpha value is -2.76. The van der Waals surface area contributed by atoms with Crippen LogP contribution in [0.2, 0.25) is 0 Å². The summed E-state index contributed by atoms with van der Waals surface area (Å²) in [4.78, 5) is 20.0. The highest BCUT2D eigenvalue weighted by Gasteiger charge is 2.14. The van der Waals surface area contributed by atoms with E-state index in [1.807, 2.05) is 57.0 Å². The SMILES string of the molecule is Cc1nc(-c2cccnc2)nc(N(C)Cc2nccn2C)c1C. The van der Waals surface area contributed by atoms with Crippen molar-refractivity contribution in [1.29, 1.82) is 0 Å². The van der Waals surface area contributed by atoms with Gasteiger partial charge in [0.05, 0.1) is 6.54 Å². The van der Waals surface area contributed by atoms with E-state index >= 15 is 0 Å². The maximum atomic E-state index is 4.75. The van der Waals surface area contributed by atoms with Crippen molar-refractivity contribution in [3.63, 3.8) is 0 Å². The van der Waals surface area contributed by atoms with E-state index in [1.54, 1.807) is 12.4 Å². The standard InChI is InChI=1S/C17H20N6/c1-12-13(2)20-16(14-6-5-7-18-10-14)21-17(12)23(4)11-15-19-8-9-22(15)3/h5-10H,11H2,1-4H3. The molecular formula is C17H20N6. The van der Waals surface area contributed by atoms with Crippen LogP contribution in [0, 0.1) is 13.8 Å². The molecule has 0 aromatic carbocycles. The molecule has 3 heterocycles. The molecule has 118 valence electrons. The third-order valence-electron chi connectivity index (χ3n) is 3.94. The third kappa shape index (κ3) is 3.06. The largest absolute Gasteiger partial charge is 0.352 e. The Morgan fingerprint density at radius 1 is 1.17 bits per heavy atom. The fraction of sp³-hybridized carbons (Fsp3) is 0.294. The number of hydrogen-bond acceptors (Lipinski definition) is 5. The Bertz CT molecular complexity index is 809. The summed E-state index contributed by atoms with van der Waals surface area (Å²) in [7, 11) is 4.02. The van der Waals surface area contributed by atoms with Crippen molar-refractivity contribution < 1.29 is 0 Å². The third-order valence-corrected chi connectivity index (χ3v) is 3.94. The Morgan fingerprint density at radius 2 is 2.00 bits per heavy atom. The highest BCUT2D eigenvalue weighted by molar-refractivity contribution is 5.59. The van der Waals surface area contributed by atoms with E-state index in [0.717, 1.165) is 28.5 Å². The topological polar surface area (TPSA) is 59.7 Å². The lowest BCUT2D eigenvalue weighted by Crippen LogP contribution is -2.22. The number of aromatic nitrogens is 5. The van der Waals surface area contributed by atoms with E-state index in [4.69, 9.17) is 4.98 Å². The molecule has 0 aliphatic heterocycles. The fourth-order valence-corrected chi connectivity index (χ4v) is 2.45. The monoisotopic (exact) mass is 308 g/mol. The molecule has 23 heavy (non-hydrogen) atoms. The lowest BCUT2D eigenvalue weighted by Gasteiger charge is -2.21. The Morgan fingerprint density at radius 3 is 2.65 bits per heavy atom. The van der Waals surface area contributed by atoms with Crippen LogP contribution in [0.15, 0.2) is 36.9 Å². The summed E-state index contributed by atoms with van der Waals surface area (Å²) >= 11 is 0. The van der Waals surface area contributed by atoms with Crippen molar-refractivity contribution in [3.05, 3.63) is 54.0 Å². The van der Waals surface area contributed by atoms with Crippen LogP contribution in [0.3, 0.4) is 0 Å². The van der Waals surface area contributed by atoms with Gasteiger partial charge in [-0.2, -0.15) is 0 Å². The van der Waals surface area contributed by atoms with E-state index in [9.17, 15) is 0 Å². The summed E-state index contributed by atoms with van der Waals surface area (Å²) in [6.07, 6.45) is 7.29. The average molecular weight is 308 g/mol. The van der Waals surface area contributed by atoms with Crippen molar-refractivity contribution in [2.45, 2.75) is 20.4 Å². The number of aryl methyl sites for hydroxylation is 2. The van der Waals surface area contributed by atoms with Gasteiger partial charge in [0, 0.05) is 55.7 Å². The van der Waals surface area contributed by atoms with Crippen LogP contribution in [0.25, 0.3) is 11.4 Å². The number of imidazole rings is 1. The van der Waals surface area contributed by atoms with Gasteiger partial charge in [-0.1, -0.05) is 0 Å². The van der Waals surface area contributed by atoms with E-state index < -0.39 is 0 Å². The van der Waals surface area contributed by atoms with Crippen LogP contribution in [-0.2, 0) is 13.6 Å². The Balaban J connectivity index is 1.98. The molecule has 0 bridgehead atoms. The maximum absolute atomic E-state index is 4.75. The first-order chi connectivity index (χ1) is 11.1. The van der Waals surface area contributed by atoms with Crippen molar-refractivity contribution in [2.24, 2.45) is 7.05 Å². The molecule has 0 fully saturated rings. The first-order valence-electron chi connectivity index (χ1n) is 7.49. The van der Waals surface area contributed by atoms with Gasteiger partial charge in [-0.25, -0.2) is 15.0 Å². The van der Waals surface area contributed by atoms with Crippen LogP contribution in [0.1, 0.15) is 17.1 Å². The smallest absolute Gasteiger partial charge is 0.163 e. The predicted octanol–water partition coefficient (Wildman–Crippen LogP) is 2.53. The average Bonchev–Trinajstić information content (AvgIpc) is 2.95. The number of rotatable bonds is 4. The van der Waals surface area contributed by atoms with E-state index in [2.05, 4.69) is 19.9 Å². The quantitative estimate of drug-likeness (QED) is 0.741. The molecule has 0 saturated heterocycles. The zero-order chi connectivity index (χ0) is 16.4. The van der Waals surface area contributed by atoms with E-state index in [0.29, 0.717) is 12.4 Å². The lowest BCUT2D eigenvalue weighted by molar-refractivity contribution is 0.752. The number of nitrogens with zero attached hydrogens (tertiary/aromatic N) is 6. The number of pyridine rings is 1. The van der Waals surface area contributed by atoms with Gasteiger partial charge in [-0.3, -0.25) is 4.98 Å². The van der Waals surface area contributed by atoms with Crippen molar-refractivity contribution in [1.82, 2.24) is 24.5 Å². The second-order valence-corrected chi connectivity index (χ2v) is 5.63. The highest BCUT2D eigenvalue weighted by atomic mass is 15.2. The molecular weight excluding hydrogens is 288 g/mol. The highest BCUT2D eigenvalue weighted by Crippen LogP contribution is 2.24. The van der Waals surface area contributed by atoms with Gasteiger partial charge >= 0.3 is 0 Å². The van der Waals surface area contributed by atoms with Gasteiger partial charge in [0.1, 0.15) is 11.6 Å². The molecule has 3 aromatic rings. The van der Waals surface area contributed by atoms with Crippen LogP contribution < -0.4 is 4.90 Å². The molecule has 0 aliphatic carbocycles. The van der Waals surface area contributed by atoms with E-state index in [1.165, 1.54) is 0 Å². The Kier molecular flexibility index (Phi) is 4.06. The van der Waals surface area contributed by atoms with Gasteiger partial charge in [0.2, 0.25) is 0 Å². The minimum atomic E-state index is 0.688. The molecule has 0 aliphatic rings. The summed E-state index contributed by atoms with van der Waals surface area (Å²) in [5.74, 6) is 2.60. The molecule has 0 spiro atoms. The van der Waals surface area contributed by atoms with Crippen molar-refractivity contribution in [2.75, 3.05) is 11.9 Å². The molecule has 6 nitrogen and oxygen atoms in total. The van der Waals surface area contributed by atoms with Crippen LogP contribution in [0.4, 0.5) is 5.82 Å². The van der Waals surface area contributed by atoms with E-state index in [-0.39, 0.29) is 0 Å². The number of anilines is 1. The minimum absolute atomic E-state index is 0.688. The summed E-state index contributed by atoms with van der Waals surface area (Å²) < 4.78 is 2.02. The summed E-state index contributed by atoms with van der Waals surface area (Å²) in [6.45, 7) is 4.74. The summed E-state index contributed by atoms with van der Waals surface area (Å²) in [6, 6.07) is 3.87. The van der Waals surface area contributed by atoms with Gasteiger partial charge in [-0.15, -0.1) is 0 Å². The minimum Gasteiger partial charge on any atom is -0.352 e. The lowest BCUT2D eigenvalue weighted by atomic mass is 10.2. The predicted molar refractivity (Wildman–Crippen MR) is 90.1 cm³/mol. The van der Waals surface area contributed by atoms with Crippen LogP contribution in [0.5, 0.6) is 0 Å². The first-order valence-corrected chi connectivity index (χ1v) is 7.49. The van der Waals surface area contributed by atoms with Gasteiger partial charge in [-0.05, 0) is 26.0 Å². The van der Waals surface area contributed by atoms with Crippen molar-refractivity contribution in [3.8, 4) is 11.4 Å². The van der Waals surface area contributed by atoms with Gasteiger partial charge < -0.3 is 9.47 Å². The fourth-order valence-electron chi connectivity index (χ4n) is 2.45. The zero-order valence-electron chi connectivity index (χ0n) is 13.9. The summed E-state index contributed by atoms with van der Waals surface area (Å²) in [5.41, 5.74) is 2.97.